The highest BCUT2D eigenvalue weighted by Gasteiger charge is 2.30. The molecule has 0 spiro atoms. The third kappa shape index (κ3) is 11.0. The molecule has 0 aromatic heterocycles. The molecule has 138 valence electrons. The van der Waals surface area contributed by atoms with Gasteiger partial charge in [-0.3, -0.25) is 4.79 Å². The van der Waals surface area contributed by atoms with Crippen LogP contribution in [0.25, 0.3) is 0 Å². The third-order valence-electron chi connectivity index (χ3n) is 3.46. The van der Waals surface area contributed by atoms with Crippen molar-refractivity contribution in [3.05, 3.63) is 0 Å². The number of rotatable bonds is 12. The number of carbonyl (C=O) groups is 1. The van der Waals surface area contributed by atoms with Gasteiger partial charge >= 0.3 is 8.56 Å². The molecule has 0 fully saturated rings. The van der Waals surface area contributed by atoms with Crippen LogP contribution in [-0.2, 0) is 18.1 Å². The molecule has 0 bridgehead atoms. The summed E-state index contributed by atoms with van der Waals surface area (Å²) < 4.78 is 17.3. The molecule has 0 aromatic carbocycles. The van der Waals surface area contributed by atoms with Gasteiger partial charge < -0.3 is 18.2 Å². The lowest BCUT2D eigenvalue weighted by molar-refractivity contribution is -0.139. The Kier molecular flexibility index (Phi) is 10.5. The fourth-order valence-corrected chi connectivity index (χ4v) is 5.70. The van der Waals surface area contributed by atoms with Crippen LogP contribution in [0.3, 0.4) is 0 Å². The Hall–Kier alpha value is -0.216. The van der Waals surface area contributed by atoms with E-state index in [0.29, 0.717) is 13.2 Å². The van der Waals surface area contributed by atoms with Gasteiger partial charge in [-0.1, -0.05) is 6.92 Å². The first-order valence-electron chi connectivity index (χ1n) is 8.72. The van der Waals surface area contributed by atoms with Crippen LogP contribution in [0.2, 0.25) is 32.2 Å². The van der Waals surface area contributed by atoms with Gasteiger partial charge in [0, 0.05) is 19.8 Å². The molecule has 0 N–H and O–H groups in total. The molecule has 0 radical (unpaired) electrons. The highest BCUT2D eigenvalue weighted by Crippen LogP contribution is 2.16. The molecule has 0 rings (SSSR count). The van der Waals surface area contributed by atoms with Crippen molar-refractivity contribution in [3.63, 3.8) is 0 Å². The molecule has 7 heteroatoms. The van der Waals surface area contributed by atoms with Crippen LogP contribution in [0.15, 0.2) is 0 Å². The van der Waals surface area contributed by atoms with E-state index in [9.17, 15) is 4.79 Å². The van der Waals surface area contributed by atoms with Crippen LogP contribution in [0, 0.1) is 5.92 Å². The van der Waals surface area contributed by atoms with E-state index in [0.717, 1.165) is 25.6 Å². The lowest BCUT2D eigenvalue weighted by atomic mass is 10.2. The molecule has 5 nitrogen and oxygen atoms in total. The average Bonchev–Trinajstić information content (AvgIpc) is 2.36. The second kappa shape index (κ2) is 10.6. The van der Waals surface area contributed by atoms with Crippen LogP contribution in [0.5, 0.6) is 0 Å². The minimum atomic E-state index is -2.02. The van der Waals surface area contributed by atoms with Crippen LogP contribution >= 0.6 is 0 Å². The molecular formula is C16H37NO4Si2. The van der Waals surface area contributed by atoms with E-state index >= 15 is 0 Å². The van der Waals surface area contributed by atoms with Crippen molar-refractivity contribution in [2.75, 3.05) is 33.4 Å². The Morgan fingerprint density at radius 1 is 1.09 bits per heavy atom. The quantitative estimate of drug-likeness (QED) is 0.497. The highest BCUT2D eigenvalue weighted by molar-refractivity contribution is 6.71. The van der Waals surface area contributed by atoms with Crippen molar-refractivity contribution in [1.29, 1.82) is 0 Å². The summed E-state index contributed by atoms with van der Waals surface area (Å²) in [5.41, 5.74) is 0. The topological polar surface area (TPSA) is 48.0 Å². The summed E-state index contributed by atoms with van der Waals surface area (Å²) in [7, 11) is -1.77. The summed E-state index contributed by atoms with van der Waals surface area (Å²) in [5, 5.41) is 0. The average molecular weight is 364 g/mol. The van der Waals surface area contributed by atoms with E-state index in [1.165, 1.54) is 0 Å². The third-order valence-corrected chi connectivity index (χ3v) is 7.34. The van der Waals surface area contributed by atoms with Gasteiger partial charge in [-0.05, 0) is 66.1 Å². The smallest absolute Gasteiger partial charge is 0.334 e. The Bertz CT molecular complexity index is 341. The minimum absolute atomic E-state index is 0.0705. The predicted molar refractivity (Wildman–Crippen MR) is 100 cm³/mol. The van der Waals surface area contributed by atoms with Gasteiger partial charge in [-0.15, -0.1) is 0 Å². The zero-order chi connectivity index (χ0) is 18.1. The van der Waals surface area contributed by atoms with Gasteiger partial charge in [0.05, 0.1) is 5.92 Å². The van der Waals surface area contributed by atoms with E-state index in [1.807, 2.05) is 40.4 Å². The summed E-state index contributed by atoms with van der Waals surface area (Å²) >= 11 is 0. The fourth-order valence-electron chi connectivity index (χ4n) is 2.50. The molecule has 0 heterocycles. The molecule has 0 aliphatic rings. The summed E-state index contributed by atoms with van der Waals surface area (Å²) in [6.07, 6.45) is 1.02. The first-order valence-corrected chi connectivity index (χ1v) is 14.7. The number of nitrogens with zero attached hydrogens (tertiary/aromatic N) is 1. The molecule has 0 aliphatic carbocycles. The lowest BCUT2D eigenvalue weighted by Crippen LogP contribution is -2.40. The van der Waals surface area contributed by atoms with Crippen molar-refractivity contribution in [1.82, 2.24) is 4.90 Å². The molecule has 0 saturated carbocycles. The van der Waals surface area contributed by atoms with E-state index in [1.54, 1.807) is 0 Å². The largest absolute Gasteiger partial charge is 0.520 e. The van der Waals surface area contributed by atoms with E-state index in [4.69, 9.17) is 13.3 Å². The maximum absolute atomic E-state index is 12.1. The van der Waals surface area contributed by atoms with Gasteiger partial charge in [0.25, 0.3) is 5.97 Å². The first kappa shape index (κ1) is 22.8. The van der Waals surface area contributed by atoms with Crippen molar-refractivity contribution < 1.29 is 18.1 Å². The van der Waals surface area contributed by atoms with Gasteiger partial charge in [0.2, 0.25) is 8.32 Å². The standard InChI is InChI=1S/C16H37NO4Si2/c1-9-19-23(8,20-10-2)13-11-12-17(4)14-15(3)16(18)21-22(5,6)7/h15H,9-14H2,1-8H3. The van der Waals surface area contributed by atoms with Gasteiger partial charge in [0.15, 0.2) is 0 Å². The second-order valence-corrected chi connectivity index (χ2v) is 15.1. The van der Waals surface area contributed by atoms with Crippen molar-refractivity contribution >= 4 is 22.8 Å². The molecular weight excluding hydrogens is 326 g/mol. The zero-order valence-corrected chi connectivity index (χ0v) is 18.4. The lowest BCUT2D eigenvalue weighted by Gasteiger charge is -2.28. The van der Waals surface area contributed by atoms with E-state index < -0.39 is 16.9 Å². The maximum Gasteiger partial charge on any atom is 0.334 e. The summed E-state index contributed by atoms with van der Waals surface area (Å²) in [4.78, 5) is 14.2. The Labute approximate surface area is 145 Å². The SMILES string of the molecule is CCO[Si](C)(CCCN(C)CC(C)C(=O)O[Si](C)(C)C)OCC. The monoisotopic (exact) mass is 363 g/mol. The molecule has 0 aliphatic heterocycles. The molecule has 0 aromatic rings. The van der Waals surface area contributed by atoms with Crippen LogP contribution in [0.4, 0.5) is 0 Å². The van der Waals surface area contributed by atoms with Crippen LogP contribution < -0.4 is 0 Å². The first-order chi connectivity index (χ1) is 10.5. The molecule has 1 unspecified atom stereocenters. The van der Waals surface area contributed by atoms with Crippen molar-refractivity contribution in [2.24, 2.45) is 5.92 Å². The zero-order valence-electron chi connectivity index (χ0n) is 16.4. The Morgan fingerprint density at radius 2 is 1.61 bits per heavy atom. The summed E-state index contributed by atoms with van der Waals surface area (Å²) in [6.45, 7) is 17.3. The second-order valence-electron chi connectivity index (χ2n) is 7.30. The minimum Gasteiger partial charge on any atom is -0.520 e. The molecule has 1 atom stereocenters. The van der Waals surface area contributed by atoms with Crippen molar-refractivity contribution in [2.45, 2.75) is 59.4 Å². The van der Waals surface area contributed by atoms with Crippen LogP contribution in [0.1, 0.15) is 27.2 Å². The predicted octanol–water partition coefficient (Wildman–Crippen LogP) is 3.47. The maximum atomic E-state index is 12.1. The van der Waals surface area contributed by atoms with Gasteiger partial charge in [-0.2, -0.15) is 0 Å². The van der Waals surface area contributed by atoms with E-state index in [-0.39, 0.29) is 11.9 Å². The van der Waals surface area contributed by atoms with Crippen LogP contribution in [-0.4, -0.2) is 61.1 Å². The fraction of sp³-hybridized carbons (Fsp3) is 0.938. The summed E-state index contributed by atoms with van der Waals surface area (Å²) in [6, 6.07) is 0.979. The Balaban J connectivity index is 4.19. The van der Waals surface area contributed by atoms with Crippen molar-refractivity contribution in [3.8, 4) is 0 Å². The van der Waals surface area contributed by atoms with E-state index in [2.05, 4.69) is 18.5 Å². The molecule has 0 amide bonds. The molecule has 23 heavy (non-hydrogen) atoms. The number of hydrogen-bond acceptors (Lipinski definition) is 5. The normalized spacial score (nSPS) is 14.1. The van der Waals surface area contributed by atoms with Gasteiger partial charge in [0.1, 0.15) is 0 Å². The molecule has 0 saturated heterocycles. The number of hydrogen-bond donors (Lipinski definition) is 0. The Morgan fingerprint density at radius 3 is 2.04 bits per heavy atom. The van der Waals surface area contributed by atoms with Gasteiger partial charge in [-0.25, -0.2) is 0 Å². The number of carbonyl (C=O) groups excluding carboxylic acids is 1. The highest BCUT2D eigenvalue weighted by atomic mass is 28.4. The summed E-state index contributed by atoms with van der Waals surface area (Å²) in [5.74, 6) is -0.159.